The first kappa shape index (κ1) is 13.9. The number of fused-ring (bicyclic) bond motifs is 1. The van der Waals surface area contributed by atoms with Crippen molar-refractivity contribution in [1.82, 2.24) is 4.90 Å². The molecular formula is C15H20N4O2. The summed E-state index contributed by atoms with van der Waals surface area (Å²) in [5, 5.41) is 0. The second kappa shape index (κ2) is 5.04. The Morgan fingerprint density at radius 1 is 1.24 bits per heavy atom. The Balaban J connectivity index is 1.80. The zero-order valence-corrected chi connectivity index (χ0v) is 12.4. The molecule has 6 nitrogen and oxygen atoms in total. The number of rotatable bonds is 1. The molecule has 3 rings (SSSR count). The van der Waals surface area contributed by atoms with Crippen molar-refractivity contribution < 1.29 is 9.59 Å². The molecule has 2 heterocycles. The fourth-order valence-electron chi connectivity index (χ4n) is 3.02. The lowest BCUT2D eigenvalue weighted by atomic mass is 10.1. The molecule has 21 heavy (non-hydrogen) atoms. The number of anilines is 2. The van der Waals surface area contributed by atoms with Crippen LogP contribution in [0.5, 0.6) is 0 Å². The molecule has 2 aliphatic heterocycles. The maximum atomic E-state index is 11.9. The third-order valence-electron chi connectivity index (χ3n) is 4.40. The molecule has 0 radical (unpaired) electrons. The maximum Gasteiger partial charge on any atom is 0.248 e. The van der Waals surface area contributed by atoms with E-state index in [1.165, 1.54) is 0 Å². The average Bonchev–Trinajstić information content (AvgIpc) is 2.72. The Hall–Kier alpha value is -2.08. The third-order valence-corrected chi connectivity index (χ3v) is 4.40. The molecule has 1 aromatic carbocycles. The van der Waals surface area contributed by atoms with Crippen LogP contribution in [0.25, 0.3) is 0 Å². The largest absolute Gasteiger partial charge is 0.368 e. The highest BCUT2D eigenvalue weighted by Crippen LogP contribution is 2.36. The maximum absolute atomic E-state index is 11.9. The van der Waals surface area contributed by atoms with Crippen LogP contribution in [0.15, 0.2) is 18.2 Å². The summed E-state index contributed by atoms with van der Waals surface area (Å²) in [6.07, 6.45) is 0. The Morgan fingerprint density at radius 3 is 2.52 bits per heavy atom. The second-order valence-corrected chi connectivity index (χ2v) is 5.61. The first-order valence-corrected chi connectivity index (χ1v) is 7.16. The standard InChI is InChI=1S/C15H20N4O2/c1-10(20)18-5-7-19(8-6-18)11-3-4-12-13(9-11)17(2)15(21)14(12)16/h3-4,9,14H,5-8,16H2,1-2H3. The molecule has 6 heteroatoms. The molecule has 0 spiro atoms. The van der Waals surface area contributed by atoms with Gasteiger partial charge in [0.2, 0.25) is 11.8 Å². The predicted octanol–water partition coefficient (Wildman–Crippen LogP) is 0.331. The summed E-state index contributed by atoms with van der Waals surface area (Å²) in [5.41, 5.74) is 8.76. The summed E-state index contributed by atoms with van der Waals surface area (Å²) in [5.74, 6) is 0.0588. The van der Waals surface area contributed by atoms with Gasteiger partial charge in [-0.2, -0.15) is 0 Å². The number of hydrogen-bond acceptors (Lipinski definition) is 4. The Bertz CT molecular complexity index is 593. The van der Waals surface area contributed by atoms with Gasteiger partial charge in [0.15, 0.2) is 0 Å². The van der Waals surface area contributed by atoms with Crippen molar-refractivity contribution in [3.8, 4) is 0 Å². The van der Waals surface area contributed by atoms with Crippen molar-refractivity contribution in [1.29, 1.82) is 0 Å². The van der Waals surface area contributed by atoms with Gasteiger partial charge in [-0.1, -0.05) is 6.07 Å². The van der Waals surface area contributed by atoms with Crippen LogP contribution in [0.4, 0.5) is 11.4 Å². The van der Waals surface area contributed by atoms with E-state index in [4.69, 9.17) is 5.73 Å². The third kappa shape index (κ3) is 2.25. The van der Waals surface area contributed by atoms with Gasteiger partial charge >= 0.3 is 0 Å². The fraction of sp³-hybridized carbons (Fsp3) is 0.467. The fourth-order valence-corrected chi connectivity index (χ4v) is 3.02. The monoisotopic (exact) mass is 288 g/mol. The second-order valence-electron chi connectivity index (χ2n) is 5.61. The average molecular weight is 288 g/mol. The molecule has 2 N–H and O–H groups in total. The van der Waals surface area contributed by atoms with Gasteiger partial charge in [-0.3, -0.25) is 9.59 Å². The molecule has 0 saturated carbocycles. The smallest absolute Gasteiger partial charge is 0.248 e. The summed E-state index contributed by atoms with van der Waals surface area (Å²) >= 11 is 0. The van der Waals surface area contributed by atoms with Gasteiger partial charge in [0.25, 0.3) is 0 Å². The summed E-state index contributed by atoms with van der Waals surface area (Å²) in [6, 6.07) is 5.42. The Kier molecular flexibility index (Phi) is 3.33. The number of piperazine rings is 1. The highest BCUT2D eigenvalue weighted by molar-refractivity contribution is 6.04. The highest BCUT2D eigenvalue weighted by atomic mass is 16.2. The molecule has 112 valence electrons. The molecule has 1 atom stereocenters. The molecular weight excluding hydrogens is 268 g/mol. The summed E-state index contributed by atoms with van der Waals surface area (Å²) < 4.78 is 0. The van der Waals surface area contributed by atoms with Crippen LogP contribution in [0.3, 0.4) is 0 Å². The number of likely N-dealkylation sites (N-methyl/N-ethyl adjacent to an activating group) is 1. The minimum atomic E-state index is -0.548. The molecule has 2 amide bonds. The van der Waals surface area contributed by atoms with E-state index in [-0.39, 0.29) is 11.8 Å². The van der Waals surface area contributed by atoms with Gasteiger partial charge in [-0.25, -0.2) is 0 Å². The van der Waals surface area contributed by atoms with Crippen LogP contribution in [0.1, 0.15) is 18.5 Å². The lowest BCUT2D eigenvalue weighted by Crippen LogP contribution is -2.48. The summed E-state index contributed by atoms with van der Waals surface area (Å²) in [4.78, 5) is 29.0. The van der Waals surface area contributed by atoms with Crippen molar-refractivity contribution >= 4 is 23.2 Å². The highest BCUT2D eigenvalue weighted by Gasteiger charge is 2.33. The van der Waals surface area contributed by atoms with Gasteiger partial charge in [0.1, 0.15) is 6.04 Å². The van der Waals surface area contributed by atoms with Crippen LogP contribution in [0, 0.1) is 0 Å². The number of carbonyl (C=O) groups excluding carboxylic acids is 2. The first-order chi connectivity index (χ1) is 9.99. The number of nitrogens with zero attached hydrogens (tertiary/aromatic N) is 3. The summed E-state index contributed by atoms with van der Waals surface area (Å²) in [7, 11) is 1.76. The van der Waals surface area contributed by atoms with Crippen LogP contribution in [-0.2, 0) is 9.59 Å². The molecule has 2 aliphatic rings. The number of benzene rings is 1. The van der Waals surface area contributed by atoms with Gasteiger partial charge in [-0.05, 0) is 12.1 Å². The van der Waals surface area contributed by atoms with E-state index in [0.29, 0.717) is 0 Å². The molecule has 1 fully saturated rings. The van der Waals surface area contributed by atoms with Crippen LogP contribution in [0.2, 0.25) is 0 Å². The first-order valence-electron chi connectivity index (χ1n) is 7.16. The SMILES string of the molecule is CC(=O)N1CCN(c2ccc3c(c2)N(C)C(=O)C3N)CC1. The topological polar surface area (TPSA) is 69.9 Å². The number of carbonyl (C=O) groups is 2. The molecule has 0 aromatic heterocycles. The van der Waals surface area contributed by atoms with Crippen molar-refractivity contribution in [2.45, 2.75) is 13.0 Å². The van der Waals surface area contributed by atoms with Gasteiger partial charge in [0.05, 0.1) is 5.69 Å². The van der Waals surface area contributed by atoms with Crippen LogP contribution in [-0.4, -0.2) is 49.9 Å². The van der Waals surface area contributed by atoms with Gasteiger partial charge < -0.3 is 20.4 Å². The van der Waals surface area contributed by atoms with Gasteiger partial charge in [-0.15, -0.1) is 0 Å². The van der Waals surface area contributed by atoms with Crippen molar-refractivity contribution in [3.05, 3.63) is 23.8 Å². The zero-order chi connectivity index (χ0) is 15.1. The van der Waals surface area contributed by atoms with E-state index in [1.54, 1.807) is 18.9 Å². The van der Waals surface area contributed by atoms with Crippen LogP contribution < -0.4 is 15.5 Å². The normalized spacial score (nSPS) is 21.8. The van der Waals surface area contributed by atoms with E-state index in [0.717, 1.165) is 43.1 Å². The van der Waals surface area contributed by atoms with E-state index in [2.05, 4.69) is 4.90 Å². The van der Waals surface area contributed by atoms with E-state index < -0.39 is 6.04 Å². The van der Waals surface area contributed by atoms with Crippen molar-refractivity contribution in [2.24, 2.45) is 5.73 Å². The zero-order valence-electron chi connectivity index (χ0n) is 12.4. The van der Waals surface area contributed by atoms with E-state index in [9.17, 15) is 9.59 Å². The van der Waals surface area contributed by atoms with E-state index in [1.807, 2.05) is 23.1 Å². The Labute approximate surface area is 124 Å². The minimum Gasteiger partial charge on any atom is -0.368 e. The summed E-state index contributed by atoms with van der Waals surface area (Å²) in [6.45, 7) is 4.69. The Morgan fingerprint density at radius 2 is 1.90 bits per heavy atom. The molecule has 1 saturated heterocycles. The lowest BCUT2D eigenvalue weighted by molar-refractivity contribution is -0.129. The molecule has 1 aromatic rings. The molecule has 1 unspecified atom stereocenters. The minimum absolute atomic E-state index is 0.0662. The predicted molar refractivity (Wildman–Crippen MR) is 81.2 cm³/mol. The number of nitrogens with two attached hydrogens (primary N) is 1. The lowest BCUT2D eigenvalue weighted by Gasteiger charge is -2.36. The molecule has 0 bridgehead atoms. The quantitative estimate of drug-likeness (QED) is 0.808. The molecule has 0 aliphatic carbocycles. The number of amides is 2. The van der Waals surface area contributed by atoms with Crippen molar-refractivity contribution in [3.63, 3.8) is 0 Å². The van der Waals surface area contributed by atoms with Crippen molar-refractivity contribution in [2.75, 3.05) is 43.0 Å². The van der Waals surface area contributed by atoms with Gasteiger partial charge in [0, 0.05) is 51.4 Å². The van der Waals surface area contributed by atoms with Crippen LogP contribution >= 0.6 is 0 Å². The number of hydrogen-bond donors (Lipinski definition) is 1. The van der Waals surface area contributed by atoms with E-state index >= 15 is 0 Å².